The molecular weight excluding hydrogens is 940 g/mol. The second-order valence-electron chi connectivity index (χ2n) is 21.7. The maximum absolute atomic E-state index is 15.7. The molecule has 0 radical (unpaired) electrons. The van der Waals surface area contributed by atoms with Crippen molar-refractivity contribution in [3.05, 3.63) is 111 Å². The van der Waals surface area contributed by atoms with Crippen molar-refractivity contribution in [1.82, 2.24) is 34.5 Å². The van der Waals surface area contributed by atoms with Crippen molar-refractivity contribution in [3.63, 3.8) is 0 Å². The van der Waals surface area contributed by atoms with Crippen molar-refractivity contribution in [2.75, 3.05) is 51.1 Å². The molecule has 4 saturated heterocycles. The lowest BCUT2D eigenvalue weighted by Gasteiger charge is -2.40. The van der Waals surface area contributed by atoms with E-state index in [4.69, 9.17) is 4.74 Å². The van der Waals surface area contributed by atoms with Gasteiger partial charge in [0.05, 0.1) is 29.0 Å². The molecule has 5 amide bonds. The highest BCUT2D eigenvalue weighted by Crippen LogP contribution is 2.33. The SMILES string of the molecule is Cc1ccc(NC2CN(C(=O)OC(C)(C)C)C2)cc1C(=O)N[C@H](C)c1ccc(C#CC2CCN(CCCCC(=O)N3CCC(c4ccc5c(c4)n(C)c(=O)n5C4CCC(=O)NC4=O)CC3)CC2F)c2ccccc12. The monoisotopic (exact) mass is 1010 g/mol. The van der Waals surface area contributed by atoms with Gasteiger partial charge in [-0.1, -0.05) is 54.3 Å². The van der Waals surface area contributed by atoms with Gasteiger partial charge in [0.2, 0.25) is 17.7 Å². The van der Waals surface area contributed by atoms with Gasteiger partial charge in [0.1, 0.15) is 17.8 Å². The van der Waals surface area contributed by atoms with E-state index in [1.165, 1.54) is 4.57 Å². The Kier molecular flexibility index (Phi) is 15.3. The van der Waals surface area contributed by atoms with Crippen LogP contribution < -0.4 is 21.6 Å². The molecule has 4 fully saturated rings. The minimum absolute atomic E-state index is 0.0524. The van der Waals surface area contributed by atoms with Crippen LogP contribution in [0.1, 0.15) is 130 Å². The molecule has 0 saturated carbocycles. The maximum Gasteiger partial charge on any atom is 0.410 e. The van der Waals surface area contributed by atoms with Crippen LogP contribution in [0.2, 0.25) is 0 Å². The van der Waals surface area contributed by atoms with Gasteiger partial charge >= 0.3 is 11.8 Å². The van der Waals surface area contributed by atoms with Crippen molar-refractivity contribution in [3.8, 4) is 11.8 Å². The Morgan fingerprint density at radius 1 is 0.865 bits per heavy atom. The van der Waals surface area contributed by atoms with E-state index < -0.39 is 23.7 Å². The van der Waals surface area contributed by atoms with Crippen LogP contribution >= 0.6 is 0 Å². The van der Waals surface area contributed by atoms with Crippen LogP contribution in [0, 0.1) is 24.7 Å². The summed E-state index contributed by atoms with van der Waals surface area (Å²) in [4.78, 5) is 82.8. The zero-order valence-electron chi connectivity index (χ0n) is 43.5. The van der Waals surface area contributed by atoms with Crippen molar-refractivity contribution in [1.29, 1.82) is 0 Å². The lowest BCUT2D eigenvalue weighted by atomic mass is 9.89. The summed E-state index contributed by atoms with van der Waals surface area (Å²) in [5, 5.41) is 10.9. The van der Waals surface area contributed by atoms with Crippen LogP contribution in [0.5, 0.6) is 0 Å². The highest BCUT2D eigenvalue weighted by Gasteiger charge is 2.35. The first-order chi connectivity index (χ1) is 35.4. The predicted molar refractivity (Wildman–Crippen MR) is 284 cm³/mol. The molecule has 0 spiro atoms. The average Bonchev–Trinajstić information content (AvgIpc) is 3.61. The smallest absolute Gasteiger partial charge is 0.410 e. The van der Waals surface area contributed by atoms with Crippen molar-refractivity contribution in [2.24, 2.45) is 13.0 Å². The van der Waals surface area contributed by atoms with Gasteiger partial charge in [0, 0.05) is 69.4 Å². The number of piperidine rings is 3. The number of benzene rings is 4. The number of hydrogen-bond donors (Lipinski definition) is 3. The van der Waals surface area contributed by atoms with Gasteiger partial charge in [-0.25, -0.2) is 14.0 Å². The topological polar surface area (TPSA) is 167 Å². The zero-order chi connectivity index (χ0) is 52.4. The first kappa shape index (κ1) is 51.9. The lowest BCUT2D eigenvalue weighted by molar-refractivity contribution is -0.136. The lowest BCUT2D eigenvalue weighted by Crippen LogP contribution is -2.57. The van der Waals surface area contributed by atoms with Gasteiger partial charge in [0.15, 0.2) is 0 Å². The van der Waals surface area contributed by atoms with Crippen molar-refractivity contribution < 1.29 is 33.1 Å². The Hall–Kier alpha value is -6.99. The zero-order valence-corrected chi connectivity index (χ0v) is 43.5. The summed E-state index contributed by atoms with van der Waals surface area (Å²) < 4.78 is 24.3. The number of anilines is 1. The molecule has 4 aromatic carbocycles. The minimum Gasteiger partial charge on any atom is -0.444 e. The third-order valence-electron chi connectivity index (χ3n) is 15.2. The molecule has 5 aromatic rings. The van der Waals surface area contributed by atoms with Crippen LogP contribution in [0.25, 0.3) is 21.8 Å². The number of unbranched alkanes of at least 4 members (excludes halogenated alkanes) is 1. The number of aryl methyl sites for hydroxylation is 2. The molecule has 4 aliphatic rings. The van der Waals surface area contributed by atoms with Crippen LogP contribution in [0.15, 0.2) is 77.6 Å². The highest BCUT2D eigenvalue weighted by molar-refractivity contribution is 6.00. The number of fused-ring (bicyclic) bond motifs is 2. The number of ether oxygens (including phenoxy) is 1. The standard InChI is InChI=1S/C58H69FN8O7/c1-36-14-19-42(61-43-33-66(34-43)57(73)74-58(3,4)5)32-47(36)54(70)60-37(2)44-20-17-39(45-11-7-8-12-46(44)45)15-16-40-24-28-64(35-48(40)59)27-10-9-13-53(69)65-29-25-38(26-30-65)41-18-21-49-51(31-41)63(6)56(72)67(49)50-22-23-52(68)62-55(50)71/h7-8,11-12,14,17-21,31-32,37-38,40,43,48,50,61H,9-10,13,22-30,33-35H2,1-6H3,(H,60,70)(H,62,68,71)/t37-,40?,48?,50?/m1/s1. The molecule has 390 valence electrons. The number of likely N-dealkylation sites (tertiary alicyclic amines) is 3. The normalized spacial score (nSPS) is 20.4. The van der Waals surface area contributed by atoms with E-state index in [0.717, 1.165) is 83.0 Å². The first-order valence-corrected chi connectivity index (χ1v) is 26.3. The highest BCUT2D eigenvalue weighted by atomic mass is 19.1. The summed E-state index contributed by atoms with van der Waals surface area (Å²) in [6, 6.07) is 22.6. The molecule has 4 aliphatic heterocycles. The maximum atomic E-state index is 15.7. The Balaban J connectivity index is 0.718. The fourth-order valence-corrected chi connectivity index (χ4v) is 11.0. The molecule has 9 rings (SSSR count). The molecular formula is C58H69FN8O7. The number of carbonyl (C=O) groups excluding carboxylic acids is 5. The van der Waals surface area contributed by atoms with Crippen molar-refractivity contribution in [2.45, 2.75) is 122 Å². The van der Waals surface area contributed by atoms with Crippen LogP contribution in [0.3, 0.4) is 0 Å². The van der Waals surface area contributed by atoms with Gasteiger partial charge in [-0.3, -0.25) is 33.6 Å². The summed E-state index contributed by atoms with van der Waals surface area (Å²) >= 11 is 0. The summed E-state index contributed by atoms with van der Waals surface area (Å²) in [5.74, 6) is 5.62. The Morgan fingerprint density at radius 2 is 1.62 bits per heavy atom. The van der Waals surface area contributed by atoms with Gasteiger partial charge in [-0.15, -0.1) is 0 Å². The Labute approximate surface area is 432 Å². The number of aromatic nitrogens is 2. The molecule has 3 N–H and O–H groups in total. The van der Waals surface area contributed by atoms with Crippen LogP contribution in [-0.2, 0) is 26.2 Å². The number of nitrogens with zero attached hydrogens (tertiary/aromatic N) is 5. The molecule has 0 aliphatic carbocycles. The number of nitrogens with one attached hydrogen (secondary N) is 3. The van der Waals surface area contributed by atoms with E-state index in [2.05, 4.69) is 32.7 Å². The van der Waals surface area contributed by atoms with E-state index in [-0.39, 0.29) is 66.3 Å². The van der Waals surface area contributed by atoms with E-state index in [1.807, 2.05) is 112 Å². The molecule has 0 bridgehead atoms. The summed E-state index contributed by atoms with van der Waals surface area (Å²) in [5.41, 5.74) is 5.65. The Morgan fingerprint density at radius 3 is 2.35 bits per heavy atom. The number of hydrogen-bond acceptors (Lipinski definition) is 9. The number of carbonyl (C=O) groups is 5. The molecule has 15 nitrogen and oxygen atoms in total. The molecule has 4 atom stereocenters. The Bertz CT molecular complexity index is 3100. The third-order valence-corrected chi connectivity index (χ3v) is 15.2. The largest absolute Gasteiger partial charge is 0.444 e. The number of amides is 5. The fourth-order valence-electron chi connectivity index (χ4n) is 11.0. The van der Waals surface area contributed by atoms with Crippen LogP contribution in [-0.4, -0.2) is 117 Å². The second-order valence-corrected chi connectivity index (χ2v) is 21.7. The quantitative estimate of drug-likeness (QED) is 0.0640. The van der Waals surface area contributed by atoms with Crippen molar-refractivity contribution >= 4 is 57.2 Å². The molecule has 1 aromatic heterocycles. The number of imide groups is 1. The molecule has 16 heteroatoms. The van der Waals surface area contributed by atoms with Crippen LogP contribution in [0.4, 0.5) is 14.9 Å². The summed E-state index contributed by atoms with van der Waals surface area (Å²) in [7, 11) is 1.70. The van der Waals surface area contributed by atoms with Gasteiger partial charge in [-0.2, -0.15) is 0 Å². The number of alkyl halides is 1. The third kappa shape index (κ3) is 11.5. The summed E-state index contributed by atoms with van der Waals surface area (Å²) in [6.45, 7) is 13.6. The van der Waals surface area contributed by atoms with E-state index >= 15 is 4.39 Å². The number of rotatable bonds is 12. The van der Waals surface area contributed by atoms with E-state index in [0.29, 0.717) is 56.6 Å². The van der Waals surface area contributed by atoms with Gasteiger partial charge < -0.3 is 30.1 Å². The fraction of sp³-hybridized carbons (Fsp3) is 0.483. The molecule has 74 heavy (non-hydrogen) atoms. The molecule has 3 unspecified atom stereocenters. The predicted octanol–water partition coefficient (Wildman–Crippen LogP) is 7.89. The average molecular weight is 1010 g/mol. The molecule has 5 heterocycles. The van der Waals surface area contributed by atoms with E-state index in [9.17, 15) is 28.8 Å². The summed E-state index contributed by atoms with van der Waals surface area (Å²) in [6.07, 6.45) is 3.30. The minimum atomic E-state index is -1.09. The van der Waals surface area contributed by atoms with Gasteiger partial charge in [0.25, 0.3) is 5.91 Å². The number of imidazole rings is 1. The first-order valence-electron chi connectivity index (χ1n) is 26.3. The number of halogens is 1. The second kappa shape index (κ2) is 21.8. The van der Waals surface area contributed by atoms with Gasteiger partial charge in [-0.05, 0) is 150 Å². The van der Waals surface area contributed by atoms with E-state index in [1.54, 1.807) is 16.5 Å².